The molecular weight excluding hydrogens is 713 g/mol. The van der Waals surface area contributed by atoms with Crippen molar-refractivity contribution in [1.82, 2.24) is 0 Å². The summed E-state index contributed by atoms with van der Waals surface area (Å²) in [6.07, 6.45) is 0.817. The Labute approximate surface area is 303 Å². The van der Waals surface area contributed by atoms with Crippen molar-refractivity contribution in [2.24, 2.45) is 0 Å². The topological polar surface area (TPSA) is 71.1 Å². The van der Waals surface area contributed by atoms with E-state index in [4.69, 9.17) is 18.9 Å². The van der Waals surface area contributed by atoms with Crippen molar-refractivity contribution in [2.45, 2.75) is 92.0 Å². The molecule has 0 aromatic heterocycles. The minimum atomic E-state index is -1.21. The SMILES string of the molecule is C=C[Si](C)(C)C.CC(C)(C)OC(=O)Oc1ccc2cc(/C=C\[Si](C)(C)C)ccc2c1.CC(C)(C)OC(=O)Oc1ccc2cc(Br)ccc2c1. The Kier molecular flexibility index (Phi) is 14.7. The molecule has 6 nitrogen and oxygen atoms in total. The highest BCUT2D eigenvalue weighted by molar-refractivity contribution is 9.10. The van der Waals surface area contributed by atoms with Gasteiger partial charge in [-0.05, 0) is 111 Å². The summed E-state index contributed by atoms with van der Waals surface area (Å²) in [5.74, 6) is 0.964. The van der Waals surface area contributed by atoms with Gasteiger partial charge in [-0.2, -0.15) is 0 Å². The van der Waals surface area contributed by atoms with Crippen LogP contribution >= 0.6 is 15.9 Å². The first-order valence-corrected chi connectivity index (χ1v) is 24.2. The molecule has 264 valence electrons. The number of ether oxygens (including phenoxy) is 4. The summed E-state index contributed by atoms with van der Waals surface area (Å²) in [5, 5.41) is 4.22. The monoisotopic (exact) mass is 764 g/mol. The zero-order chi connectivity index (χ0) is 37.2. The molecule has 0 saturated heterocycles. The fourth-order valence-corrected chi connectivity index (χ4v) is 4.82. The highest BCUT2D eigenvalue weighted by Crippen LogP contribution is 2.26. The van der Waals surface area contributed by atoms with E-state index < -0.39 is 39.7 Å². The van der Waals surface area contributed by atoms with E-state index in [1.54, 1.807) is 32.9 Å². The van der Waals surface area contributed by atoms with E-state index in [1.807, 2.05) is 69.3 Å². The lowest BCUT2D eigenvalue weighted by Gasteiger charge is -2.18. The first-order valence-electron chi connectivity index (χ1n) is 16.3. The molecule has 9 heteroatoms. The minimum absolute atomic E-state index is 0.476. The van der Waals surface area contributed by atoms with Gasteiger partial charge >= 0.3 is 12.3 Å². The summed E-state index contributed by atoms with van der Waals surface area (Å²) in [4.78, 5) is 23.3. The van der Waals surface area contributed by atoms with Gasteiger partial charge < -0.3 is 18.9 Å². The van der Waals surface area contributed by atoms with Gasteiger partial charge in [0.05, 0.1) is 16.1 Å². The van der Waals surface area contributed by atoms with E-state index in [9.17, 15) is 9.59 Å². The van der Waals surface area contributed by atoms with Gasteiger partial charge in [-0.15, -0.1) is 12.3 Å². The molecule has 49 heavy (non-hydrogen) atoms. The normalized spacial score (nSPS) is 11.9. The van der Waals surface area contributed by atoms with Crippen LogP contribution in [0.15, 0.2) is 95.2 Å². The van der Waals surface area contributed by atoms with Crippen LogP contribution in [-0.2, 0) is 9.47 Å². The highest BCUT2D eigenvalue weighted by Gasteiger charge is 2.19. The highest BCUT2D eigenvalue weighted by atomic mass is 79.9. The molecular formula is C40H53BrO6Si2. The number of halogens is 1. The maximum absolute atomic E-state index is 11.7. The minimum Gasteiger partial charge on any atom is -0.428 e. The summed E-state index contributed by atoms with van der Waals surface area (Å²) in [6, 6.07) is 23.2. The number of carbonyl (C=O) groups is 2. The van der Waals surface area contributed by atoms with E-state index in [1.165, 1.54) is 5.56 Å². The lowest BCUT2D eigenvalue weighted by molar-refractivity contribution is 0.0193. The van der Waals surface area contributed by atoms with Crippen LogP contribution in [0.5, 0.6) is 11.5 Å². The summed E-state index contributed by atoms with van der Waals surface area (Å²) in [6.45, 7) is 28.2. The predicted octanol–water partition coefficient (Wildman–Crippen LogP) is 13.0. The Morgan fingerprint density at radius 2 is 1.00 bits per heavy atom. The Balaban J connectivity index is 0.000000297. The molecule has 0 heterocycles. The van der Waals surface area contributed by atoms with Crippen molar-refractivity contribution < 1.29 is 28.5 Å². The first-order chi connectivity index (χ1) is 22.4. The van der Waals surface area contributed by atoms with Crippen molar-refractivity contribution in [1.29, 1.82) is 0 Å². The van der Waals surface area contributed by atoms with Crippen LogP contribution in [0.25, 0.3) is 27.6 Å². The average molecular weight is 766 g/mol. The summed E-state index contributed by atoms with van der Waals surface area (Å²) < 4.78 is 21.7. The van der Waals surface area contributed by atoms with E-state index in [0.717, 1.165) is 26.0 Å². The van der Waals surface area contributed by atoms with Crippen LogP contribution in [0.2, 0.25) is 39.3 Å². The van der Waals surface area contributed by atoms with Gasteiger partial charge in [0.15, 0.2) is 0 Å². The zero-order valence-electron chi connectivity index (χ0n) is 31.2. The zero-order valence-corrected chi connectivity index (χ0v) is 34.8. The summed E-state index contributed by atoms with van der Waals surface area (Å²) in [5.41, 5.74) is 4.47. The molecule has 0 aliphatic rings. The Morgan fingerprint density at radius 3 is 1.41 bits per heavy atom. The molecule has 0 bridgehead atoms. The molecule has 0 amide bonds. The van der Waals surface area contributed by atoms with Crippen molar-refractivity contribution >= 4 is 72.0 Å². The van der Waals surface area contributed by atoms with Crippen LogP contribution < -0.4 is 9.47 Å². The standard InChI is InChI=1S/C20H26O3Si.C15H15BrO3.C5H12Si/c1-20(2,3)23-19(21)22-18-10-9-16-13-15(7-8-17(16)14-18)11-12-24(4,5)6;1-15(2,3)19-14(17)18-13-7-5-10-8-12(16)6-4-11(10)9-13;1-5-6(2,3)4/h7-14H,1-6H3;4-9H,1-3H3;5H,1H2,2-4H3/b12-11-;;. The van der Waals surface area contributed by atoms with Gasteiger partial charge in [0.2, 0.25) is 0 Å². The van der Waals surface area contributed by atoms with Crippen molar-refractivity contribution in [3.05, 3.63) is 101 Å². The molecule has 0 N–H and O–H groups in total. The van der Waals surface area contributed by atoms with Crippen LogP contribution in [0.4, 0.5) is 9.59 Å². The third kappa shape index (κ3) is 17.5. The number of carbonyl (C=O) groups excluding carboxylic acids is 2. The quantitative estimate of drug-likeness (QED) is 0.114. The fraction of sp³-hybridized carbons (Fsp3) is 0.350. The van der Waals surface area contributed by atoms with E-state index in [2.05, 4.69) is 91.4 Å². The average Bonchev–Trinajstić information content (AvgIpc) is 2.94. The summed E-state index contributed by atoms with van der Waals surface area (Å²) in [7, 11) is -2.07. The van der Waals surface area contributed by atoms with Crippen molar-refractivity contribution in [3.8, 4) is 11.5 Å². The Hall–Kier alpha value is -3.67. The fourth-order valence-electron chi connectivity index (χ4n) is 3.75. The summed E-state index contributed by atoms with van der Waals surface area (Å²) >= 11 is 3.42. The number of hydrogen-bond acceptors (Lipinski definition) is 6. The lowest BCUT2D eigenvalue weighted by Crippen LogP contribution is -2.25. The van der Waals surface area contributed by atoms with Gasteiger partial charge in [0.1, 0.15) is 22.7 Å². The molecule has 0 atom stereocenters. The largest absolute Gasteiger partial charge is 0.514 e. The molecule has 0 spiro atoms. The first kappa shape index (κ1) is 41.5. The molecule has 0 saturated carbocycles. The molecule has 0 aliphatic carbocycles. The van der Waals surface area contributed by atoms with Crippen LogP contribution in [0.3, 0.4) is 0 Å². The van der Waals surface area contributed by atoms with Crippen LogP contribution in [0.1, 0.15) is 47.1 Å². The molecule has 0 unspecified atom stereocenters. The molecule has 0 fully saturated rings. The van der Waals surface area contributed by atoms with Gasteiger partial charge in [-0.1, -0.05) is 97.3 Å². The Bertz CT molecular complexity index is 1770. The van der Waals surface area contributed by atoms with Gasteiger partial charge in [0.25, 0.3) is 0 Å². The van der Waals surface area contributed by atoms with Crippen LogP contribution in [0, 0.1) is 0 Å². The second kappa shape index (κ2) is 17.3. The van der Waals surface area contributed by atoms with Crippen molar-refractivity contribution in [2.75, 3.05) is 0 Å². The maximum Gasteiger partial charge on any atom is 0.514 e. The lowest BCUT2D eigenvalue weighted by atomic mass is 10.1. The van der Waals surface area contributed by atoms with Crippen LogP contribution in [-0.4, -0.2) is 39.7 Å². The van der Waals surface area contributed by atoms with E-state index >= 15 is 0 Å². The smallest absolute Gasteiger partial charge is 0.428 e. The molecule has 0 aliphatic heterocycles. The molecule has 4 aromatic carbocycles. The van der Waals surface area contributed by atoms with E-state index in [0.29, 0.717) is 11.5 Å². The van der Waals surface area contributed by atoms with Gasteiger partial charge in [-0.25, -0.2) is 9.59 Å². The predicted molar refractivity (Wildman–Crippen MR) is 215 cm³/mol. The molecule has 4 rings (SSSR count). The van der Waals surface area contributed by atoms with E-state index in [-0.39, 0.29) is 0 Å². The number of rotatable bonds is 5. The molecule has 4 aromatic rings. The van der Waals surface area contributed by atoms with Crippen molar-refractivity contribution in [3.63, 3.8) is 0 Å². The van der Waals surface area contributed by atoms with Gasteiger partial charge in [-0.3, -0.25) is 0 Å². The second-order valence-corrected chi connectivity index (χ2v) is 26.9. The second-order valence-electron chi connectivity index (χ2n) is 15.8. The third-order valence-corrected chi connectivity index (χ3v) is 9.06. The third-order valence-electron chi connectivity index (χ3n) is 6.18. The van der Waals surface area contributed by atoms with Gasteiger partial charge in [0, 0.05) is 4.47 Å². The maximum atomic E-state index is 11.7. The number of fused-ring (bicyclic) bond motifs is 2. The number of hydrogen-bond donors (Lipinski definition) is 0. The Morgan fingerprint density at radius 1 is 0.612 bits per heavy atom. The molecule has 0 radical (unpaired) electrons. The number of benzene rings is 4.